The van der Waals surface area contributed by atoms with E-state index >= 15 is 0 Å². The van der Waals surface area contributed by atoms with E-state index in [0.29, 0.717) is 6.42 Å². The van der Waals surface area contributed by atoms with Gasteiger partial charge in [-0.1, -0.05) is 0 Å². The minimum Gasteiger partial charge on any atom is -0.327 e. The van der Waals surface area contributed by atoms with Crippen LogP contribution in [-0.4, -0.2) is 12.0 Å². The molecule has 2 saturated carbocycles. The second-order valence-corrected chi connectivity index (χ2v) is 3.07. The fourth-order valence-corrected chi connectivity index (χ4v) is 1.89. The smallest absolute Gasteiger partial charge is 0.252 e. The monoisotopic (exact) mass is 133 g/mol. The Morgan fingerprint density at radius 1 is 1.44 bits per heavy atom. The normalized spacial score (nSPS) is 53.0. The second kappa shape index (κ2) is 1.29. The van der Waals surface area contributed by atoms with Gasteiger partial charge in [-0.2, -0.15) is 0 Å². The van der Waals surface area contributed by atoms with Gasteiger partial charge < -0.3 is 5.73 Å². The summed E-state index contributed by atoms with van der Waals surface area (Å²) in [5.74, 6) is -2.73. The van der Waals surface area contributed by atoms with E-state index in [1.807, 2.05) is 0 Å². The Hall–Kier alpha value is -0.180. The number of nitrogens with two attached hydrogens (primary N) is 1. The number of alkyl halides is 2. The molecular weight excluding hydrogens is 124 g/mol. The summed E-state index contributed by atoms with van der Waals surface area (Å²) >= 11 is 0. The number of fused-ring (bicyclic) bond motifs is 1. The van der Waals surface area contributed by atoms with Crippen LogP contribution in [0.3, 0.4) is 0 Å². The molecule has 0 saturated heterocycles. The zero-order chi connectivity index (χ0) is 6.65. The van der Waals surface area contributed by atoms with Crippen molar-refractivity contribution in [1.29, 1.82) is 0 Å². The Morgan fingerprint density at radius 3 is 2.33 bits per heavy atom. The van der Waals surface area contributed by atoms with Crippen LogP contribution in [0.2, 0.25) is 0 Å². The molecule has 0 aromatic heterocycles. The van der Waals surface area contributed by atoms with Crippen LogP contribution < -0.4 is 5.73 Å². The van der Waals surface area contributed by atoms with E-state index in [0.717, 1.165) is 0 Å². The van der Waals surface area contributed by atoms with Crippen molar-refractivity contribution in [2.75, 3.05) is 0 Å². The zero-order valence-electron chi connectivity index (χ0n) is 4.98. The van der Waals surface area contributed by atoms with E-state index in [9.17, 15) is 8.78 Å². The van der Waals surface area contributed by atoms with Gasteiger partial charge in [0.1, 0.15) is 0 Å². The first-order valence-corrected chi connectivity index (χ1v) is 3.26. The van der Waals surface area contributed by atoms with Gasteiger partial charge in [0.2, 0.25) is 0 Å². The number of halogens is 2. The van der Waals surface area contributed by atoms with Crippen molar-refractivity contribution in [1.82, 2.24) is 0 Å². The van der Waals surface area contributed by atoms with Crippen LogP contribution in [0.5, 0.6) is 0 Å². The summed E-state index contributed by atoms with van der Waals surface area (Å²) in [5.41, 5.74) is 5.37. The zero-order valence-corrected chi connectivity index (χ0v) is 4.98. The molecule has 0 heterocycles. The van der Waals surface area contributed by atoms with Gasteiger partial charge in [-0.05, 0) is 12.3 Å². The molecule has 2 N–H and O–H groups in total. The van der Waals surface area contributed by atoms with Crippen molar-refractivity contribution < 1.29 is 8.78 Å². The van der Waals surface area contributed by atoms with Crippen LogP contribution in [0.25, 0.3) is 0 Å². The summed E-state index contributed by atoms with van der Waals surface area (Å²) in [7, 11) is 0. The van der Waals surface area contributed by atoms with Crippen LogP contribution in [-0.2, 0) is 0 Å². The SMILES string of the molecule is N[C@H]1[C@H]2CCC(F)(F)[C@@H]12. The van der Waals surface area contributed by atoms with Crippen LogP contribution >= 0.6 is 0 Å². The van der Waals surface area contributed by atoms with E-state index in [1.54, 1.807) is 0 Å². The number of hydrogen-bond acceptors (Lipinski definition) is 1. The van der Waals surface area contributed by atoms with Gasteiger partial charge in [0.25, 0.3) is 5.92 Å². The Kier molecular flexibility index (Phi) is 0.799. The van der Waals surface area contributed by atoms with Crippen molar-refractivity contribution >= 4 is 0 Å². The molecule has 2 aliphatic rings. The molecule has 52 valence electrons. The maximum absolute atomic E-state index is 12.6. The van der Waals surface area contributed by atoms with Crippen molar-refractivity contribution in [3.63, 3.8) is 0 Å². The summed E-state index contributed by atoms with van der Waals surface area (Å²) < 4.78 is 25.1. The number of rotatable bonds is 0. The predicted molar refractivity (Wildman–Crippen MR) is 29.1 cm³/mol. The van der Waals surface area contributed by atoms with Gasteiger partial charge in [-0.15, -0.1) is 0 Å². The van der Waals surface area contributed by atoms with Gasteiger partial charge in [0.05, 0.1) is 0 Å². The van der Waals surface area contributed by atoms with Gasteiger partial charge in [-0.25, -0.2) is 8.78 Å². The lowest BCUT2D eigenvalue weighted by atomic mass is 10.2. The lowest BCUT2D eigenvalue weighted by molar-refractivity contribution is -0.0164. The Bertz CT molecular complexity index is 146. The largest absolute Gasteiger partial charge is 0.327 e. The quantitative estimate of drug-likeness (QED) is 0.524. The molecule has 0 spiro atoms. The van der Waals surface area contributed by atoms with E-state index in [4.69, 9.17) is 5.73 Å². The van der Waals surface area contributed by atoms with Crippen LogP contribution in [0.15, 0.2) is 0 Å². The lowest BCUT2D eigenvalue weighted by Gasteiger charge is -2.10. The van der Waals surface area contributed by atoms with Crippen molar-refractivity contribution in [2.45, 2.75) is 24.8 Å². The third-order valence-corrected chi connectivity index (χ3v) is 2.53. The highest BCUT2D eigenvalue weighted by molar-refractivity contribution is 5.12. The molecule has 0 aliphatic heterocycles. The average Bonchev–Trinajstić information content (AvgIpc) is 2.24. The molecule has 9 heavy (non-hydrogen) atoms. The molecule has 0 amide bonds. The van der Waals surface area contributed by atoms with Gasteiger partial charge in [-0.3, -0.25) is 0 Å². The van der Waals surface area contributed by atoms with Crippen LogP contribution in [0.4, 0.5) is 8.78 Å². The molecule has 0 unspecified atom stereocenters. The molecule has 3 atom stereocenters. The standard InChI is InChI=1S/C6H9F2N/c7-6(8)2-1-3-4(6)5(3)9/h3-5H,1-2,9H2/t3-,4+,5-/m0/s1. The van der Waals surface area contributed by atoms with Gasteiger partial charge >= 0.3 is 0 Å². The highest BCUT2D eigenvalue weighted by Gasteiger charge is 2.65. The highest BCUT2D eigenvalue weighted by Crippen LogP contribution is 2.58. The van der Waals surface area contributed by atoms with E-state index in [2.05, 4.69) is 0 Å². The highest BCUT2D eigenvalue weighted by atomic mass is 19.3. The van der Waals surface area contributed by atoms with E-state index in [-0.39, 0.29) is 18.4 Å². The first kappa shape index (κ1) is 5.59. The molecule has 0 bridgehead atoms. The first-order chi connectivity index (χ1) is 4.13. The third kappa shape index (κ3) is 0.556. The Balaban J connectivity index is 2.16. The predicted octanol–water partition coefficient (Wildman–Crippen LogP) is 0.989. The topological polar surface area (TPSA) is 26.0 Å². The van der Waals surface area contributed by atoms with E-state index in [1.165, 1.54) is 0 Å². The molecular formula is C6H9F2N. The molecule has 2 aliphatic carbocycles. The second-order valence-electron chi connectivity index (χ2n) is 3.07. The molecule has 1 nitrogen and oxygen atoms in total. The molecule has 0 radical (unpaired) electrons. The maximum Gasteiger partial charge on any atom is 0.252 e. The minimum atomic E-state index is -2.43. The summed E-state index contributed by atoms with van der Waals surface area (Å²) in [6.07, 6.45) is 0.703. The van der Waals surface area contributed by atoms with Crippen LogP contribution in [0, 0.1) is 11.8 Å². The maximum atomic E-state index is 12.6. The fraction of sp³-hybridized carbons (Fsp3) is 1.00. The minimum absolute atomic E-state index is 0.0655. The fourth-order valence-electron chi connectivity index (χ4n) is 1.89. The first-order valence-electron chi connectivity index (χ1n) is 3.26. The molecule has 0 aromatic rings. The summed E-state index contributed by atoms with van der Waals surface area (Å²) in [5, 5.41) is 0. The molecule has 2 fully saturated rings. The third-order valence-electron chi connectivity index (χ3n) is 2.53. The average molecular weight is 133 g/mol. The van der Waals surface area contributed by atoms with Crippen molar-refractivity contribution in [3.8, 4) is 0 Å². The van der Waals surface area contributed by atoms with Gasteiger partial charge in [0, 0.05) is 18.4 Å². The molecule has 3 heteroatoms. The van der Waals surface area contributed by atoms with Crippen LogP contribution in [0.1, 0.15) is 12.8 Å². The summed E-state index contributed by atoms with van der Waals surface area (Å²) in [6, 6.07) is -0.186. The Morgan fingerprint density at radius 2 is 2.11 bits per heavy atom. The Labute approximate surface area is 52.2 Å². The molecule has 2 rings (SSSR count). The summed E-state index contributed by atoms with van der Waals surface area (Å²) in [6.45, 7) is 0. The van der Waals surface area contributed by atoms with Crippen molar-refractivity contribution in [3.05, 3.63) is 0 Å². The number of hydrogen-bond donors (Lipinski definition) is 1. The molecule has 0 aromatic carbocycles. The van der Waals surface area contributed by atoms with Gasteiger partial charge in [0.15, 0.2) is 0 Å². The summed E-state index contributed by atoms with van der Waals surface area (Å²) in [4.78, 5) is 0. The van der Waals surface area contributed by atoms with E-state index < -0.39 is 11.8 Å². The van der Waals surface area contributed by atoms with Crippen molar-refractivity contribution in [2.24, 2.45) is 17.6 Å². The lowest BCUT2D eigenvalue weighted by Crippen LogP contribution is -2.22.